The number of rotatable bonds is 6. The van der Waals surface area contributed by atoms with E-state index in [4.69, 9.17) is 4.74 Å². The number of nitrogens with zero attached hydrogens (tertiary/aromatic N) is 3. The third-order valence-corrected chi connectivity index (χ3v) is 5.57. The van der Waals surface area contributed by atoms with Crippen LogP contribution in [0.5, 0.6) is 0 Å². The first-order valence-corrected chi connectivity index (χ1v) is 11.3. The molecule has 2 heterocycles. The van der Waals surface area contributed by atoms with Crippen molar-refractivity contribution in [3.05, 3.63) is 53.7 Å². The van der Waals surface area contributed by atoms with E-state index in [0.29, 0.717) is 18.7 Å². The van der Waals surface area contributed by atoms with Gasteiger partial charge >= 0.3 is 5.97 Å². The maximum Gasteiger partial charge on any atom is 0.339 e. The first-order valence-electron chi connectivity index (χ1n) is 11.3. The molecule has 7 heteroatoms. The molecule has 0 bridgehead atoms. The van der Waals surface area contributed by atoms with Gasteiger partial charge in [-0.15, -0.1) is 0 Å². The Bertz CT molecular complexity index is 904. The molecule has 0 radical (unpaired) electrons. The predicted octanol–water partition coefficient (Wildman–Crippen LogP) is 3.71. The van der Waals surface area contributed by atoms with E-state index in [9.17, 15) is 9.59 Å². The van der Waals surface area contributed by atoms with Crippen LogP contribution >= 0.6 is 0 Å². The van der Waals surface area contributed by atoms with E-state index in [1.54, 1.807) is 19.2 Å². The molecule has 2 aromatic rings. The number of pyridine rings is 1. The zero-order valence-corrected chi connectivity index (χ0v) is 19.6. The summed E-state index contributed by atoms with van der Waals surface area (Å²) in [5.74, 6) is 0.481. The van der Waals surface area contributed by atoms with Crippen LogP contribution in [0.1, 0.15) is 50.0 Å². The third kappa shape index (κ3) is 6.53. The minimum absolute atomic E-state index is 0.00104. The average Bonchev–Trinajstić information content (AvgIpc) is 2.99. The van der Waals surface area contributed by atoms with Gasteiger partial charge in [0, 0.05) is 38.1 Å². The molecule has 1 saturated heterocycles. The zero-order chi connectivity index (χ0) is 23.1. The molecule has 172 valence electrons. The maximum atomic E-state index is 12.6. The Morgan fingerprint density at radius 2 is 1.78 bits per heavy atom. The molecule has 3 rings (SSSR count). The Morgan fingerprint density at radius 3 is 2.41 bits per heavy atom. The molecular weight excluding hydrogens is 404 g/mol. The van der Waals surface area contributed by atoms with Gasteiger partial charge in [0.15, 0.2) is 0 Å². The zero-order valence-electron chi connectivity index (χ0n) is 19.6. The maximum absolute atomic E-state index is 12.6. The second-order valence-corrected chi connectivity index (χ2v) is 9.12. The van der Waals surface area contributed by atoms with Gasteiger partial charge in [-0.05, 0) is 48.6 Å². The number of carbonyl (C=O) groups is 2. The van der Waals surface area contributed by atoms with E-state index in [-0.39, 0.29) is 17.3 Å². The molecule has 1 aromatic heterocycles. The summed E-state index contributed by atoms with van der Waals surface area (Å²) >= 11 is 0. The number of nitrogens with one attached hydrogen (secondary N) is 1. The van der Waals surface area contributed by atoms with E-state index in [1.165, 1.54) is 5.56 Å². The van der Waals surface area contributed by atoms with Gasteiger partial charge in [0.2, 0.25) is 5.91 Å². The van der Waals surface area contributed by atoms with Crippen molar-refractivity contribution in [1.82, 2.24) is 9.88 Å². The van der Waals surface area contributed by atoms with Crippen LogP contribution in [0.25, 0.3) is 0 Å². The molecule has 1 N–H and O–H groups in total. The lowest BCUT2D eigenvalue weighted by atomic mass is 9.87. The van der Waals surface area contributed by atoms with E-state index in [0.717, 1.165) is 44.1 Å². The number of ether oxygens (including phenoxy) is 1. The highest BCUT2D eigenvalue weighted by Gasteiger charge is 2.19. The van der Waals surface area contributed by atoms with Gasteiger partial charge in [-0.25, -0.2) is 9.78 Å². The average molecular weight is 439 g/mol. The molecule has 0 aliphatic carbocycles. The largest absolute Gasteiger partial charge is 0.462 e. The van der Waals surface area contributed by atoms with Crippen molar-refractivity contribution in [3.8, 4) is 0 Å². The molecular formula is C25H34N4O3. The summed E-state index contributed by atoms with van der Waals surface area (Å²) in [6.07, 6.45) is 2.50. The highest BCUT2D eigenvalue weighted by molar-refractivity contribution is 5.92. The summed E-state index contributed by atoms with van der Waals surface area (Å²) in [6, 6.07) is 11.7. The van der Waals surface area contributed by atoms with Gasteiger partial charge in [0.25, 0.3) is 0 Å². The van der Waals surface area contributed by atoms with Crippen molar-refractivity contribution in [1.29, 1.82) is 0 Å². The molecule has 1 amide bonds. The molecule has 32 heavy (non-hydrogen) atoms. The van der Waals surface area contributed by atoms with Crippen molar-refractivity contribution < 1.29 is 14.3 Å². The van der Waals surface area contributed by atoms with Crippen LogP contribution in [0.2, 0.25) is 0 Å². The highest BCUT2D eigenvalue weighted by atomic mass is 16.5. The van der Waals surface area contributed by atoms with Crippen molar-refractivity contribution in [2.24, 2.45) is 0 Å². The van der Waals surface area contributed by atoms with Crippen molar-refractivity contribution in [2.75, 3.05) is 49.5 Å². The van der Waals surface area contributed by atoms with Crippen molar-refractivity contribution in [3.63, 3.8) is 0 Å². The van der Waals surface area contributed by atoms with E-state index < -0.39 is 0 Å². The fourth-order valence-corrected chi connectivity index (χ4v) is 3.72. The first-order chi connectivity index (χ1) is 15.3. The number of benzene rings is 1. The fourth-order valence-electron chi connectivity index (χ4n) is 3.72. The van der Waals surface area contributed by atoms with Crippen LogP contribution < -0.4 is 10.2 Å². The standard InChI is InChI=1S/C25H34N4O3/c1-5-32-24(31)19-7-12-22(26-17-19)29-14-6-13-28(15-16-29)18-23(30)27-21-10-8-20(9-11-21)25(2,3)4/h7-12,17H,5-6,13-16,18H2,1-4H3,(H,27,30). The van der Waals surface area contributed by atoms with Crippen LogP contribution in [0, 0.1) is 0 Å². The van der Waals surface area contributed by atoms with Gasteiger partial charge in [-0.3, -0.25) is 9.69 Å². The van der Waals surface area contributed by atoms with Crippen LogP contribution in [0.3, 0.4) is 0 Å². The van der Waals surface area contributed by atoms with Crippen LogP contribution in [-0.2, 0) is 14.9 Å². The Hall–Kier alpha value is -2.93. The lowest BCUT2D eigenvalue weighted by Crippen LogP contribution is -2.36. The van der Waals surface area contributed by atoms with Crippen molar-refractivity contribution in [2.45, 2.75) is 39.5 Å². The third-order valence-electron chi connectivity index (χ3n) is 5.57. The second-order valence-electron chi connectivity index (χ2n) is 9.12. The smallest absolute Gasteiger partial charge is 0.339 e. The quantitative estimate of drug-likeness (QED) is 0.693. The SMILES string of the molecule is CCOC(=O)c1ccc(N2CCCN(CC(=O)Nc3ccc(C(C)(C)C)cc3)CC2)nc1. The molecule has 0 atom stereocenters. The molecule has 1 aromatic carbocycles. The van der Waals surface area contributed by atoms with Gasteiger partial charge in [0.1, 0.15) is 5.82 Å². The van der Waals surface area contributed by atoms with E-state index >= 15 is 0 Å². The van der Waals surface area contributed by atoms with E-state index in [2.05, 4.69) is 53.0 Å². The molecule has 7 nitrogen and oxygen atoms in total. The summed E-state index contributed by atoms with van der Waals surface area (Å²) in [7, 11) is 0. The Labute approximate surface area is 190 Å². The number of anilines is 2. The summed E-state index contributed by atoms with van der Waals surface area (Å²) in [5.41, 5.74) is 2.62. The highest BCUT2D eigenvalue weighted by Crippen LogP contribution is 2.23. The number of carbonyl (C=O) groups excluding carboxylic acids is 2. The van der Waals surface area contributed by atoms with Crippen LogP contribution in [0.4, 0.5) is 11.5 Å². The summed E-state index contributed by atoms with van der Waals surface area (Å²) in [6.45, 7) is 12.3. The minimum Gasteiger partial charge on any atom is -0.462 e. The number of hydrogen-bond acceptors (Lipinski definition) is 6. The van der Waals surface area contributed by atoms with Crippen LogP contribution in [0.15, 0.2) is 42.6 Å². The summed E-state index contributed by atoms with van der Waals surface area (Å²) in [5, 5.41) is 3.01. The number of aromatic nitrogens is 1. The first kappa shape index (κ1) is 23.7. The Kier molecular flexibility index (Phi) is 7.85. The molecule has 0 spiro atoms. The van der Waals surface area contributed by atoms with Gasteiger partial charge in [-0.2, -0.15) is 0 Å². The normalized spacial score (nSPS) is 15.2. The topological polar surface area (TPSA) is 74.8 Å². The summed E-state index contributed by atoms with van der Waals surface area (Å²) in [4.78, 5) is 33.2. The Morgan fingerprint density at radius 1 is 1.03 bits per heavy atom. The lowest BCUT2D eigenvalue weighted by molar-refractivity contribution is -0.117. The van der Waals surface area contributed by atoms with Crippen molar-refractivity contribution >= 4 is 23.4 Å². The van der Waals surface area contributed by atoms with E-state index in [1.807, 2.05) is 18.2 Å². The second kappa shape index (κ2) is 10.6. The van der Waals surface area contributed by atoms with Gasteiger partial charge < -0.3 is 15.0 Å². The predicted molar refractivity (Wildman–Crippen MR) is 127 cm³/mol. The summed E-state index contributed by atoms with van der Waals surface area (Å²) < 4.78 is 5.01. The molecule has 0 unspecified atom stereocenters. The number of esters is 1. The number of hydrogen-bond donors (Lipinski definition) is 1. The fraction of sp³-hybridized carbons (Fsp3) is 0.480. The van der Waals surface area contributed by atoms with Gasteiger partial charge in [-0.1, -0.05) is 32.9 Å². The molecule has 1 aliphatic rings. The van der Waals surface area contributed by atoms with Crippen LogP contribution in [-0.4, -0.2) is 61.1 Å². The molecule has 1 fully saturated rings. The number of amides is 1. The molecule has 1 aliphatic heterocycles. The lowest BCUT2D eigenvalue weighted by Gasteiger charge is -2.22. The monoisotopic (exact) mass is 438 g/mol. The minimum atomic E-state index is -0.354. The Balaban J connectivity index is 1.50. The van der Waals surface area contributed by atoms with Gasteiger partial charge in [0.05, 0.1) is 18.7 Å². The molecule has 0 saturated carbocycles.